The Morgan fingerprint density at radius 1 is 1.44 bits per heavy atom. The Morgan fingerprint density at radius 3 is 2.67 bits per heavy atom. The fourth-order valence-corrected chi connectivity index (χ4v) is 2.48. The van der Waals surface area contributed by atoms with Gasteiger partial charge in [0, 0.05) is 30.9 Å². The van der Waals surface area contributed by atoms with Crippen molar-refractivity contribution in [2.75, 3.05) is 6.54 Å². The van der Waals surface area contributed by atoms with Gasteiger partial charge >= 0.3 is 0 Å². The molecule has 0 radical (unpaired) electrons. The van der Waals surface area contributed by atoms with E-state index < -0.39 is 0 Å². The number of carbonyl (C=O) groups is 1. The fraction of sp³-hybridized carbons (Fsp3) is 0.333. The van der Waals surface area contributed by atoms with E-state index in [0.29, 0.717) is 13.0 Å². The minimum atomic E-state index is 0.00819. The number of pyridine rings is 1. The number of likely N-dealkylation sites (N-methyl/N-ethyl adjacent to an activating group) is 1. The smallest absolute Gasteiger partial charge is 0.251 e. The van der Waals surface area contributed by atoms with E-state index in [0.717, 1.165) is 16.7 Å². The Labute approximate surface area is 108 Å². The van der Waals surface area contributed by atoms with Crippen LogP contribution in [0.1, 0.15) is 31.9 Å². The molecule has 0 saturated heterocycles. The quantitative estimate of drug-likeness (QED) is 0.760. The van der Waals surface area contributed by atoms with Crippen LogP contribution in [0.3, 0.4) is 0 Å². The minimum Gasteiger partial charge on any atom is -0.328 e. The summed E-state index contributed by atoms with van der Waals surface area (Å²) >= 11 is 0. The van der Waals surface area contributed by atoms with E-state index in [9.17, 15) is 4.79 Å². The first kappa shape index (κ1) is 12.4. The van der Waals surface area contributed by atoms with Crippen LogP contribution in [-0.4, -0.2) is 22.3 Å². The van der Waals surface area contributed by atoms with Crippen molar-refractivity contribution in [1.29, 1.82) is 0 Å². The van der Waals surface area contributed by atoms with Crippen molar-refractivity contribution < 1.29 is 4.79 Å². The first-order valence-electron chi connectivity index (χ1n) is 6.04. The number of aromatic nitrogens is 1. The minimum absolute atomic E-state index is 0.00819. The summed E-state index contributed by atoms with van der Waals surface area (Å²) in [5.41, 5.74) is 2.91. The molecule has 1 amide bonds. The van der Waals surface area contributed by atoms with E-state index in [1.807, 2.05) is 30.9 Å². The summed E-state index contributed by atoms with van der Waals surface area (Å²) in [7, 11) is 0. The third-order valence-electron chi connectivity index (χ3n) is 3.36. The van der Waals surface area contributed by atoms with Crippen molar-refractivity contribution in [3.8, 4) is 12.3 Å². The Balaban J connectivity index is 2.45. The summed E-state index contributed by atoms with van der Waals surface area (Å²) in [6, 6.07) is 3.90. The predicted molar refractivity (Wildman–Crippen MR) is 70.5 cm³/mol. The molecular weight excluding hydrogens is 224 g/mol. The van der Waals surface area contributed by atoms with Crippen LogP contribution in [0.15, 0.2) is 35.7 Å². The normalized spacial score (nSPS) is 19.3. The molecular formula is C15H16N2O. The number of terminal acetylenes is 1. The molecule has 0 fully saturated rings. The van der Waals surface area contributed by atoms with E-state index in [-0.39, 0.29) is 11.9 Å². The largest absolute Gasteiger partial charge is 0.328 e. The van der Waals surface area contributed by atoms with Crippen LogP contribution in [0.25, 0.3) is 0 Å². The van der Waals surface area contributed by atoms with Crippen molar-refractivity contribution in [3.63, 3.8) is 0 Å². The van der Waals surface area contributed by atoms with Gasteiger partial charge in [-0.3, -0.25) is 9.78 Å². The summed E-state index contributed by atoms with van der Waals surface area (Å²) in [5, 5.41) is 0. The Hall–Kier alpha value is -2.08. The standard InChI is InChI=1S/C15H16N2O/c1-4-6-13-11(3)14(17(5-2)15(13)18)12-7-9-16-10-8-12/h1,7-10,14H,5-6H2,2-3H3. The molecule has 1 atom stereocenters. The Kier molecular flexibility index (Phi) is 3.47. The lowest BCUT2D eigenvalue weighted by Crippen LogP contribution is -2.29. The lowest BCUT2D eigenvalue weighted by molar-refractivity contribution is -0.127. The molecule has 0 saturated carbocycles. The highest BCUT2D eigenvalue weighted by atomic mass is 16.2. The number of carbonyl (C=O) groups excluding carboxylic acids is 1. The molecule has 3 nitrogen and oxygen atoms in total. The number of rotatable bonds is 3. The first-order valence-corrected chi connectivity index (χ1v) is 6.04. The Morgan fingerprint density at radius 2 is 2.11 bits per heavy atom. The SMILES string of the molecule is C#CCC1=C(C)C(c2ccncc2)N(CC)C1=O. The van der Waals surface area contributed by atoms with Crippen molar-refractivity contribution in [2.24, 2.45) is 0 Å². The molecule has 18 heavy (non-hydrogen) atoms. The molecule has 0 aliphatic carbocycles. The van der Waals surface area contributed by atoms with E-state index in [2.05, 4.69) is 10.9 Å². The summed E-state index contributed by atoms with van der Waals surface area (Å²) < 4.78 is 0. The molecule has 0 spiro atoms. The maximum atomic E-state index is 12.3. The Bertz CT molecular complexity index is 525. The van der Waals surface area contributed by atoms with Gasteiger partial charge in [0.05, 0.1) is 6.04 Å². The summed E-state index contributed by atoms with van der Waals surface area (Å²) in [6.45, 7) is 4.65. The third kappa shape index (κ3) is 1.91. The molecule has 3 heteroatoms. The molecule has 0 aromatic carbocycles. The zero-order valence-electron chi connectivity index (χ0n) is 10.7. The third-order valence-corrected chi connectivity index (χ3v) is 3.36. The number of amides is 1. The van der Waals surface area contributed by atoms with Crippen molar-refractivity contribution in [1.82, 2.24) is 9.88 Å². The average Bonchev–Trinajstić information content (AvgIpc) is 2.64. The number of hydrogen-bond donors (Lipinski definition) is 0. The van der Waals surface area contributed by atoms with Crippen LogP contribution < -0.4 is 0 Å². The topological polar surface area (TPSA) is 33.2 Å². The lowest BCUT2D eigenvalue weighted by Gasteiger charge is -2.25. The van der Waals surface area contributed by atoms with Gasteiger partial charge in [-0.1, -0.05) is 0 Å². The molecule has 1 unspecified atom stereocenters. The van der Waals surface area contributed by atoms with Crippen molar-refractivity contribution >= 4 is 5.91 Å². The van der Waals surface area contributed by atoms with Crippen molar-refractivity contribution in [3.05, 3.63) is 41.2 Å². The molecule has 1 aliphatic heterocycles. The van der Waals surface area contributed by atoms with Crippen LogP contribution in [0, 0.1) is 12.3 Å². The van der Waals surface area contributed by atoms with Crippen LogP contribution in [0.4, 0.5) is 0 Å². The zero-order chi connectivity index (χ0) is 13.1. The highest BCUT2D eigenvalue weighted by Gasteiger charge is 2.36. The number of hydrogen-bond acceptors (Lipinski definition) is 2. The number of nitrogens with zero attached hydrogens (tertiary/aromatic N) is 2. The molecule has 0 bridgehead atoms. The van der Waals surface area contributed by atoms with Gasteiger partial charge < -0.3 is 4.90 Å². The molecule has 2 heterocycles. The van der Waals surface area contributed by atoms with E-state index in [4.69, 9.17) is 6.42 Å². The molecule has 0 N–H and O–H groups in total. The molecule has 1 aromatic rings. The summed E-state index contributed by atoms with van der Waals surface area (Å²) in [4.78, 5) is 18.2. The molecule has 1 aliphatic rings. The van der Waals surface area contributed by atoms with Crippen LogP contribution in [-0.2, 0) is 4.79 Å². The fourth-order valence-electron chi connectivity index (χ4n) is 2.48. The summed E-state index contributed by atoms with van der Waals surface area (Å²) in [5.74, 6) is 2.63. The predicted octanol–water partition coefficient (Wildman–Crippen LogP) is 2.32. The van der Waals surface area contributed by atoms with Gasteiger partial charge in [0.1, 0.15) is 0 Å². The maximum absolute atomic E-state index is 12.3. The maximum Gasteiger partial charge on any atom is 0.251 e. The van der Waals surface area contributed by atoms with Gasteiger partial charge in [-0.15, -0.1) is 12.3 Å². The second kappa shape index (κ2) is 5.05. The van der Waals surface area contributed by atoms with Gasteiger partial charge in [0.15, 0.2) is 0 Å². The van der Waals surface area contributed by atoms with E-state index >= 15 is 0 Å². The van der Waals surface area contributed by atoms with Crippen LogP contribution >= 0.6 is 0 Å². The first-order chi connectivity index (χ1) is 8.70. The second-order valence-electron chi connectivity index (χ2n) is 4.32. The highest BCUT2D eigenvalue weighted by Crippen LogP contribution is 2.38. The van der Waals surface area contributed by atoms with Gasteiger partial charge in [0.25, 0.3) is 5.91 Å². The van der Waals surface area contributed by atoms with Gasteiger partial charge in [-0.05, 0) is 37.1 Å². The van der Waals surface area contributed by atoms with Crippen LogP contribution in [0.5, 0.6) is 0 Å². The molecule has 1 aromatic heterocycles. The lowest BCUT2D eigenvalue weighted by atomic mass is 9.99. The zero-order valence-corrected chi connectivity index (χ0v) is 10.7. The van der Waals surface area contributed by atoms with Gasteiger partial charge in [-0.25, -0.2) is 0 Å². The van der Waals surface area contributed by atoms with Gasteiger partial charge in [0.2, 0.25) is 0 Å². The highest BCUT2D eigenvalue weighted by molar-refractivity contribution is 5.98. The van der Waals surface area contributed by atoms with Crippen molar-refractivity contribution in [2.45, 2.75) is 26.3 Å². The monoisotopic (exact) mass is 240 g/mol. The van der Waals surface area contributed by atoms with Crippen LogP contribution in [0.2, 0.25) is 0 Å². The van der Waals surface area contributed by atoms with E-state index in [1.165, 1.54) is 0 Å². The average molecular weight is 240 g/mol. The molecule has 2 rings (SSSR count). The molecule has 92 valence electrons. The summed E-state index contributed by atoms with van der Waals surface area (Å²) in [6.07, 6.45) is 9.24. The van der Waals surface area contributed by atoms with Gasteiger partial charge in [-0.2, -0.15) is 0 Å². The van der Waals surface area contributed by atoms with E-state index in [1.54, 1.807) is 12.4 Å². The second-order valence-corrected chi connectivity index (χ2v) is 4.32.